The average Bonchev–Trinajstić information content (AvgIpc) is 2.72. The number of hydrogen-bond donors (Lipinski definition) is 1. The fraction of sp³-hybridized carbons (Fsp3) is 0.174. The maximum atomic E-state index is 12.7. The first kappa shape index (κ1) is 17.9. The van der Waals surface area contributed by atoms with E-state index in [1.165, 1.54) is 5.56 Å². The van der Waals surface area contributed by atoms with Crippen molar-refractivity contribution in [1.29, 1.82) is 0 Å². The fourth-order valence-corrected chi connectivity index (χ4v) is 2.81. The van der Waals surface area contributed by atoms with Crippen LogP contribution in [0.1, 0.15) is 22.6 Å². The first-order chi connectivity index (χ1) is 12.8. The second-order valence-corrected chi connectivity index (χ2v) is 6.17. The van der Waals surface area contributed by atoms with Gasteiger partial charge in [-0.15, -0.1) is 0 Å². The van der Waals surface area contributed by atoms with Crippen LogP contribution in [-0.4, -0.2) is 12.5 Å². The molecule has 1 N–H and O–H groups in total. The fourth-order valence-electron chi connectivity index (χ4n) is 2.81. The molecule has 132 valence electrons. The van der Waals surface area contributed by atoms with Gasteiger partial charge < -0.3 is 10.1 Å². The third-order valence-electron chi connectivity index (χ3n) is 4.23. The Kier molecular flexibility index (Phi) is 6.57. The summed E-state index contributed by atoms with van der Waals surface area (Å²) in [6.07, 6.45) is 0. The number of nitrogens with one attached hydrogen (secondary N) is 1. The standard InChI is InChI=1S/C23H23NO2/c25-23(26-18-20-12-6-2-7-13-20)22(21-14-8-3-9-15-21)17-24-16-19-10-4-1-5-11-19/h1-15,22,24H,16-18H2. The quantitative estimate of drug-likeness (QED) is 0.619. The van der Waals surface area contributed by atoms with E-state index in [1.54, 1.807) is 0 Å². The van der Waals surface area contributed by atoms with Crippen LogP contribution in [0.3, 0.4) is 0 Å². The van der Waals surface area contributed by atoms with Crippen molar-refractivity contribution in [2.24, 2.45) is 0 Å². The Morgan fingerprint density at radius 3 is 1.92 bits per heavy atom. The minimum absolute atomic E-state index is 0.208. The monoisotopic (exact) mass is 345 g/mol. The van der Waals surface area contributed by atoms with Gasteiger partial charge in [-0.25, -0.2) is 0 Å². The SMILES string of the molecule is O=C(OCc1ccccc1)C(CNCc1ccccc1)c1ccccc1. The highest BCUT2D eigenvalue weighted by Crippen LogP contribution is 2.18. The predicted octanol–water partition coefficient (Wildman–Crippen LogP) is 4.30. The Balaban J connectivity index is 1.62. The smallest absolute Gasteiger partial charge is 0.315 e. The van der Waals surface area contributed by atoms with Crippen molar-refractivity contribution < 1.29 is 9.53 Å². The molecule has 0 aliphatic heterocycles. The molecule has 0 aliphatic carbocycles. The molecular weight excluding hydrogens is 322 g/mol. The predicted molar refractivity (Wildman–Crippen MR) is 104 cm³/mol. The van der Waals surface area contributed by atoms with Gasteiger partial charge in [0, 0.05) is 13.1 Å². The van der Waals surface area contributed by atoms with Crippen LogP contribution < -0.4 is 5.32 Å². The zero-order valence-corrected chi connectivity index (χ0v) is 14.7. The zero-order valence-electron chi connectivity index (χ0n) is 14.7. The zero-order chi connectivity index (χ0) is 18.0. The lowest BCUT2D eigenvalue weighted by Crippen LogP contribution is -2.28. The van der Waals surface area contributed by atoms with E-state index in [9.17, 15) is 4.79 Å². The Morgan fingerprint density at radius 1 is 0.769 bits per heavy atom. The highest BCUT2D eigenvalue weighted by Gasteiger charge is 2.21. The molecule has 0 heterocycles. The van der Waals surface area contributed by atoms with Crippen LogP contribution in [0.2, 0.25) is 0 Å². The van der Waals surface area contributed by atoms with E-state index in [-0.39, 0.29) is 11.9 Å². The van der Waals surface area contributed by atoms with E-state index in [4.69, 9.17) is 4.74 Å². The second kappa shape index (κ2) is 9.54. The van der Waals surface area contributed by atoms with E-state index in [1.807, 2.05) is 78.9 Å². The Hall–Kier alpha value is -2.91. The van der Waals surface area contributed by atoms with Crippen molar-refractivity contribution in [1.82, 2.24) is 5.32 Å². The molecule has 3 aromatic rings. The molecule has 3 aromatic carbocycles. The lowest BCUT2D eigenvalue weighted by molar-refractivity contribution is -0.146. The van der Waals surface area contributed by atoms with Gasteiger partial charge in [-0.2, -0.15) is 0 Å². The Morgan fingerprint density at radius 2 is 1.31 bits per heavy atom. The van der Waals surface area contributed by atoms with Crippen LogP contribution in [0, 0.1) is 0 Å². The summed E-state index contributed by atoms with van der Waals surface area (Å²) in [5, 5.41) is 3.38. The van der Waals surface area contributed by atoms with Crippen molar-refractivity contribution in [3.63, 3.8) is 0 Å². The van der Waals surface area contributed by atoms with E-state index in [2.05, 4.69) is 17.4 Å². The van der Waals surface area contributed by atoms with Crippen molar-refractivity contribution >= 4 is 5.97 Å². The highest BCUT2D eigenvalue weighted by molar-refractivity contribution is 5.78. The molecule has 3 nitrogen and oxygen atoms in total. The van der Waals surface area contributed by atoms with Gasteiger partial charge in [0.2, 0.25) is 0 Å². The molecule has 0 spiro atoms. The van der Waals surface area contributed by atoms with Crippen LogP contribution in [0.15, 0.2) is 91.0 Å². The van der Waals surface area contributed by atoms with Gasteiger partial charge in [-0.1, -0.05) is 91.0 Å². The number of esters is 1. The second-order valence-electron chi connectivity index (χ2n) is 6.17. The summed E-state index contributed by atoms with van der Waals surface area (Å²) in [4.78, 5) is 12.7. The lowest BCUT2D eigenvalue weighted by atomic mass is 9.99. The molecule has 0 saturated heterocycles. The van der Waals surface area contributed by atoms with Crippen molar-refractivity contribution in [3.8, 4) is 0 Å². The summed E-state index contributed by atoms with van der Waals surface area (Å²) in [5.41, 5.74) is 3.15. The molecule has 0 saturated carbocycles. The van der Waals surface area contributed by atoms with E-state index >= 15 is 0 Å². The summed E-state index contributed by atoms with van der Waals surface area (Å²) in [7, 11) is 0. The van der Waals surface area contributed by atoms with Gasteiger partial charge in [0.05, 0.1) is 5.92 Å². The maximum Gasteiger partial charge on any atom is 0.315 e. The van der Waals surface area contributed by atoms with Gasteiger partial charge in [0.15, 0.2) is 0 Å². The minimum Gasteiger partial charge on any atom is -0.460 e. The van der Waals surface area contributed by atoms with Crippen molar-refractivity contribution in [2.75, 3.05) is 6.54 Å². The largest absolute Gasteiger partial charge is 0.460 e. The van der Waals surface area contributed by atoms with Crippen LogP contribution in [-0.2, 0) is 22.7 Å². The molecule has 26 heavy (non-hydrogen) atoms. The molecule has 1 unspecified atom stereocenters. The first-order valence-electron chi connectivity index (χ1n) is 8.83. The number of rotatable bonds is 8. The summed E-state index contributed by atoms with van der Waals surface area (Å²) in [6, 6.07) is 29.7. The maximum absolute atomic E-state index is 12.7. The molecule has 0 amide bonds. The number of benzene rings is 3. The number of hydrogen-bond acceptors (Lipinski definition) is 3. The van der Waals surface area contributed by atoms with Gasteiger partial charge in [0.1, 0.15) is 6.61 Å². The van der Waals surface area contributed by atoms with Crippen LogP contribution in [0.4, 0.5) is 0 Å². The minimum atomic E-state index is -0.330. The molecular formula is C23H23NO2. The summed E-state index contributed by atoms with van der Waals surface area (Å²) in [5.74, 6) is -0.538. The Labute approximate surface area is 154 Å². The normalized spacial score (nSPS) is 11.7. The van der Waals surface area contributed by atoms with Gasteiger partial charge in [-0.05, 0) is 16.7 Å². The first-order valence-corrected chi connectivity index (χ1v) is 8.83. The summed E-state index contributed by atoms with van der Waals surface area (Å²) < 4.78 is 5.57. The molecule has 0 aliphatic rings. The molecule has 0 aromatic heterocycles. The van der Waals surface area contributed by atoms with E-state index in [0.29, 0.717) is 13.2 Å². The molecule has 3 rings (SSSR count). The molecule has 0 radical (unpaired) electrons. The molecule has 3 heteroatoms. The third-order valence-corrected chi connectivity index (χ3v) is 4.23. The van der Waals surface area contributed by atoms with Crippen molar-refractivity contribution in [3.05, 3.63) is 108 Å². The molecule has 0 fully saturated rings. The van der Waals surface area contributed by atoms with Crippen LogP contribution >= 0.6 is 0 Å². The lowest BCUT2D eigenvalue weighted by Gasteiger charge is -2.17. The molecule has 0 bridgehead atoms. The number of ether oxygens (including phenoxy) is 1. The van der Waals surface area contributed by atoms with Gasteiger partial charge in [-0.3, -0.25) is 4.79 Å². The summed E-state index contributed by atoms with van der Waals surface area (Å²) in [6.45, 7) is 1.55. The van der Waals surface area contributed by atoms with Crippen LogP contribution in [0.5, 0.6) is 0 Å². The Bertz CT molecular complexity index is 788. The topological polar surface area (TPSA) is 38.3 Å². The third kappa shape index (κ3) is 5.30. The molecule has 1 atom stereocenters. The number of carbonyl (C=O) groups is 1. The van der Waals surface area contributed by atoms with E-state index < -0.39 is 0 Å². The average molecular weight is 345 g/mol. The number of carbonyl (C=O) groups excluding carboxylic acids is 1. The van der Waals surface area contributed by atoms with E-state index in [0.717, 1.165) is 17.7 Å². The van der Waals surface area contributed by atoms with Crippen molar-refractivity contribution in [2.45, 2.75) is 19.1 Å². The highest BCUT2D eigenvalue weighted by atomic mass is 16.5. The van der Waals surface area contributed by atoms with Crippen LogP contribution in [0.25, 0.3) is 0 Å². The van der Waals surface area contributed by atoms with Gasteiger partial charge in [0.25, 0.3) is 0 Å². The summed E-state index contributed by atoms with van der Waals surface area (Å²) >= 11 is 0. The van der Waals surface area contributed by atoms with Gasteiger partial charge >= 0.3 is 5.97 Å².